The highest BCUT2D eigenvalue weighted by Gasteiger charge is 2.20. The number of carbonyl (C=O) groups is 3. The van der Waals surface area contributed by atoms with Crippen LogP contribution in [0.15, 0.2) is 137 Å². The molecule has 0 unspecified atom stereocenters. The number of nitrogens with two attached hydrogens (primary N) is 2. The standard InChI is InChI=1S/C31H31N7O7.C23H27N7O3/c1-19(2)35-29-30(41)37(26(16-34-29)23-12-24(38(43)44)14-25(39)13-23)17-27(40)33-15-20-8-10-22(11-9-20)28(32)36-31(42)45-18-21-6-4-3-5-7-21;1-13(2)29-22-23(33)30(19(11-28-22)16-7-17(24)9-18(31)8-16)12-20(32)27-10-14-3-5-15(6-4-14)21(25)26/h3-14,16,19,39H,15,17-18H2,1-2H3,(H,33,40)(H,34,35)(H2,32,36,42);3-9,11,13,31H,10,12,24H2,1-2H3,(H3,25,26)(H,27,32)(H,28,29). The lowest BCUT2D eigenvalue weighted by Gasteiger charge is -2.16. The number of nitrogens with zero attached hydrogens (tertiary/aromatic N) is 5. The van der Waals surface area contributed by atoms with Gasteiger partial charge in [0.25, 0.3) is 16.8 Å². The van der Waals surface area contributed by atoms with Gasteiger partial charge < -0.3 is 47.7 Å². The van der Waals surface area contributed by atoms with E-state index in [1.165, 1.54) is 41.2 Å². The number of nitrogens with one attached hydrogen (secondary N) is 7. The lowest BCUT2D eigenvalue weighted by Crippen LogP contribution is -2.35. The second-order valence-electron chi connectivity index (χ2n) is 18.1. The van der Waals surface area contributed by atoms with Crippen LogP contribution in [-0.2, 0) is 47.1 Å². The number of phenolic OH excluding ortho intramolecular Hbond substituents is 2. The fourth-order valence-electron chi connectivity index (χ4n) is 7.45. The first-order valence-corrected chi connectivity index (χ1v) is 24.1. The molecule has 0 atom stereocenters. The molecular weight excluding hydrogens is 1000 g/mol. The van der Waals surface area contributed by atoms with E-state index < -0.39 is 40.3 Å². The Kier molecular flexibility index (Phi) is 19.1. The zero-order valence-electron chi connectivity index (χ0n) is 42.9. The Balaban J connectivity index is 0.000000265. The number of phenols is 2. The van der Waals surface area contributed by atoms with Crippen molar-refractivity contribution in [2.75, 3.05) is 16.4 Å². The van der Waals surface area contributed by atoms with Crippen LogP contribution >= 0.6 is 0 Å². The second kappa shape index (κ2) is 26.2. The van der Waals surface area contributed by atoms with Crippen molar-refractivity contribution in [2.45, 2.75) is 72.6 Å². The molecule has 24 heteroatoms. The number of alkyl carbamates (subject to hydrolysis) is 1. The molecule has 0 aliphatic rings. The van der Waals surface area contributed by atoms with Crippen LogP contribution < -0.4 is 49.2 Å². The smallest absolute Gasteiger partial charge is 0.413 e. The van der Waals surface area contributed by atoms with Gasteiger partial charge in [-0.2, -0.15) is 0 Å². The number of aromatic nitrogens is 4. The molecule has 0 spiro atoms. The second-order valence-corrected chi connectivity index (χ2v) is 18.1. The number of nitro groups is 1. The molecule has 0 bridgehead atoms. The summed E-state index contributed by atoms with van der Waals surface area (Å²) in [5.74, 6) is -1.45. The summed E-state index contributed by atoms with van der Waals surface area (Å²) in [5, 5.41) is 60.7. The van der Waals surface area contributed by atoms with Crippen LogP contribution in [0, 0.1) is 20.9 Å². The van der Waals surface area contributed by atoms with Gasteiger partial charge in [-0.3, -0.25) is 54.6 Å². The largest absolute Gasteiger partial charge is 0.508 e. The van der Waals surface area contributed by atoms with E-state index in [1.807, 2.05) is 58.0 Å². The first kappa shape index (κ1) is 56.9. The zero-order chi connectivity index (χ0) is 56.6. The van der Waals surface area contributed by atoms with E-state index in [1.54, 1.807) is 54.6 Å². The fraction of sp³-hybridized carbons (Fsp3) is 0.204. The van der Waals surface area contributed by atoms with Crippen LogP contribution in [0.5, 0.6) is 11.5 Å². The van der Waals surface area contributed by atoms with Crippen molar-refractivity contribution in [2.24, 2.45) is 5.73 Å². The Morgan fingerprint density at radius 3 is 1.62 bits per heavy atom. The third-order valence-electron chi connectivity index (χ3n) is 11.1. The zero-order valence-corrected chi connectivity index (χ0v) is 42.9. The average molecular weight is 1060 g/mol. The van der Waals surface area contributed by atoms with Gasteiger partial charge in [-0.15, -0.1) is 0 Å². The number of carbonyl (C=O) groups excluding carboxylic acids is 3. The Hall–Kier alpha value is -10.4. The number of hydrogen-bond acceptors (Lipinski definition) is 17. The van der Waals surface area contributed by atoms with E-state index in [0.717, 1.165) is 21.8 Å². The molecule has 2 aromatic heterocycles. The first-order chi connectivity index (χ1) is 37.1. The number of anilines is 3. The number of non-ortho nitro benzene ring substituents is 1. The summed E-state index contributed by atoms with van der Waals surface area (Å²) >= 11 is 0. The van der Waals surface area contributed by atoms with Gasteiger partial charge in [-0.1, -0.05) is 78.9 Å². The molecule has 0 radical (unpaired) electrons. The quantitative estimate of drug-likeness (QED) is 0.0156. The molecule has 7 rings (SSSR count). The number of rotatable bonds is 19. The van der Waals surface area contributed by atoms with Crippen molar-refractivity contribution < 1.29 is 34.3 Å². The maximum Gasteiger partial charge on any atom is 0.413 e. The average Bonchev–Trinajstić information content (AvgIpc) is 3.40. The molecule has 0 aliphatic heterocycles. The lowest BCUT2D eigenvalue weighted by molar-refractivity contribution is -0.384. The molecule has 0 fully saturated rings. The molecular formula is C54H58N14O10. The predicted molar refractivity (Wildman–Crippen MR) is 294 cm³/mol. The monoisotopic (exact) mass is 1060 g/mol. The lowest BCUT2D eigenvalue weighted by atomic mass is 10.1. The van der Waals surface area contributed by atoms with Gasteiger partial charge in [0.15, 0.2) is 11.6 Å². The van der Waals surface area contributed by atoms with Crippen LogP contribution in [0.2, 0.25) is 0 Å². The highest BCUT2D eigenvalue weighted by Crippen LogP contribution is 2.29. The molecule has 7 aromatic rings. The molecule has 0 saturated carbocycles. The third-order valence-corrected chi connectivity index (χ3v) is 11.1. The first-order valence-electron chi connectivity index (χ1n) is 24.1. The number of benzene rings is 5. The van der Waals surface area contributed by atoms with Gasteiger partial charge in [0.05, 0.1) is 34.8 Å². The Labute approximate surface area is 446 Å². The molecule has 0 saturated heterocycles. The van der Waals surface area contributed by atoms with E-state index in [2.05, 4.69) is 36.6 Å². The van der Waals surface area contributed by atoms with E-state index in [4.69, 9.17) is 27.0 Å². The predicted octanol–water partition coefficient (Wildman–Crippen LogP) is 5.53. The molecule has 5 aromatic carbocycles. The Morgan fingerprint density at radius 1 is 0.679 bits per heavy atom. The summed E-state index contributed by atoms with van der Waals surface area (Å²) in [6.45, 7) is 7.06. The van der Waals surface area contributed by atoms with Gasteiger partial charge in [-0.25, -0.2) is 14.8 Å². The topological polar surface area (TPSA) is 374 Å². The maximum absolute atomic E-state index is 13.3. The summed E-state index contributed by atoms with van der Waals surface area (Å²) < 4.78 is 7.55. The van der Waals surface area contributed by atoms with Crippen molar-refractivity contribution in [1.29, 1.82) is 10.8 Å². The number of amidine groups is 2. The van der Waals surface area contributed by atoms with Crippen LogP contribution in [-0.4, -0.2) is 75.9 Å². The van der Waals surface area contributed by atoms with Crippen LogP contribution in [0.1, 0.15) is 55.5 Å². The van der Waals surface area contributed by atoms with E-state index in [-0.39, 0.29) is 90.3 Å². The summed E-state index contributed by atoms with van der Waals surface area (Å²) in [4.78, 5) is 83.2. The highest BCUT2D eigenvalue weighted by molar-refractivity contribution is 6.04. The van der Waals surface area contributed by atoms with Crippen LogP contribution in [0.3, 0.4) is 0 Å². The van der Waals surface area contributed by atoms with Gasteiger partial charge in [0, 0.05) is 65.2 Å². The fourth-order valence-corrected chi connectivity index (χ4v) is 7.45. The van der Waals surface area contributed by atoms with E-state index in [9.17, 15) is 44.3 Å². The molecule has 3 amide bonds. The molecule has 24 nitrogen and oxygen atoms in total. The molecule has 2 heterocycles. The Bertz CT molecular complexity index is 3440. The van der Waals surface area contributed by atoms with Crippen molar-refractivity contribution in [3.8, 4) is 34.0 Å². The molecule has 404 valence electrons. The number of ether oxygens (including phenoxy) is 1. The van der Waals surface area contributed by atoms with Crippen molar-refractivity contribution >= 4 is 52.6 Å². The number of aromatic hydroxyl groups is 2. The highest BCUT2D eigenvalue weighted by atomic mass is 16.6. The maximum atomic E-state index is 13.3. The molecule has 78 heavy (non-hydrogen) atoms. The summed E-state index contributed by atoms with van der Waals surface area (Å²) in [6, 6.07) is 30.3. The SMILES string of the molecule is CC(C)Nc1ncc(-c2cc(N)cc(O)c2)n(CC(=O)NCc2ccc(C(=N)N)cc2)c1=O.CC(C)Nc1ncc(-c2cc(O)cc([N+](=O)[O-])c2)n(CC(=O)NCc2ccc(C(=N)NC(=O)OCc3ccccc3)cc2)c1=O. The van der Waals surface area contributed by atoms with Gasteiger partial charge in [-0.05, 0) is 62.6 Å². The number of nitrogen functional groups attached to an aromatic ring is 2. The minimum absolute atomic E-state index is 0.00760. The van der Waals surface area contributed by atoms with Gasteiger partial charge in [0.1, 0.15) is 42.9 Å². The van der Waals surface area contributed by atoms with Crippen molar-refractivity contribution in [1.82, 2.24) is 35.1 Å². The summed E-state index contributed by atoms with van der Waals surface area (Å²) in [6.07, 6.45) is 2.00. The number of nitro benzene ring substituents is 1. The van der Waals surface area contributed by atoms with Crippen molar-refractivity contribution in [3.05, 3.63) is 186 Å². The normalized spacial score (nSPS) is 10.7. The Morgan fingerprint density at radius 2 is 1.15 bits per heavy atom. The van der Waals surface area contributed by atoms with Gasteiger partial charge >= 0.3 is 6.09 Å². The third kappa shape index (κ3) is 16.1. The van der Waals surface area contributed by atoms with E-state index in [0.29, 0.717) is 33.6 Å². The summed E-state index contributed by atoms with van der Waals surface area (Å²) in [7, 11) is 0. The number of amides is 3. The minimum atomic E-state index is -0.766. The van der Waals surface area contributed by atoms with Crippen LogP contribution in [0.25, 0.3) is 22.5 Å². The van der Waals surface area contributed by atoms with Crippen molar-refractivity contribution in [3.63, 3.8) is 0 Å². The van der Waals surface area contributed by atoms with Crippen LogP contribution in [0.4, 0.5) is 27.8 Å². The molecule has 13 N–H and O–H groups in total. The van der Waals surface area contributed by atoms with E-state index >= 15 is 0 Å². The molecule has 0 aliphatic carbocycles. The van der Waals surface area contributed by atoms with Gasteiger partial charge in [0.2, 0.25) is 11.8 Å². The summed E-state index contributed by atoms with van der Waals surface area (Å²) in [5.41, 5.74) is 14.5. The number of hydrogen-bond donors (Lipinski definition) is 11. The minimum Gasteiger partial charge on any atom is -0.508 e.